The summed E-state index contributed by atoms with van der Waals surface area (Å²) in [7, 11) is -3.64. The van der Waals surface area contributed by atoms with Gasteiger partial charge in [0.05, 0.1) is 16.3 Å². The summed E-state index contributed by atoms with van der Waals surface area (Å²) < 4.78 is 31.0. The zero-order valence-corrected chi connectivity index (χ0v) is 17.8. The molecule has 0 aliphatic rings. The molecule has 7 heteroatoms. The van der Waals surface area contributed by atoms with Crippen LogP contribution >= 0.6 is 0 Å². The molecule has 1 N–H and O–H groups in total. The third-order valence-corrected chi connectivity index (χ3v) is 6.54. The zero-order chi connectivity index (χ0) is 21.2. The fourth-order valence-corrected chi connectivity index (χ4v) is 4.63. The Hall–Kier alpha value is -2.93. The van der Waals surface area contributed by atoms with Crippen molar-refractivity contribution in [2.75, 3.05) is 11.1 Å². The minimum atomic E-state index is -3.64. The van der Waals surface area contributed by atoms with Gasteiger partial charge in [0, 0.05) is 23.7 Å². The van der Waals surface area contributed by atoms with Gasteiger partial charge >= 0.3 is 0 Å². The second-order valence-corrected chi connectivity index (χ2v) is 9.33. The number of nitrogens with zero attached hydrogens (tertiary/aromatic N) is 1. The molecule has 0 saturated heterocycles. The summed E-state index contributed by atoms with van der Waals surface area (Å²) in [5.74, 6) is -0.101. The number of aryl methyl sites for hydroxylation is 4. The van der Waals surface area contributed by atoms with E-state index in [1.54, 1.807) is 38.1 Å². The first-order valence-corrected chi connectivity index (χ1v) is 10.9. The van der Waals surface area contributed by atoms with Gasteiger partial charge in [0.15, 0.2) is 15.6 Å². The number of hydrogen-bond donors (Lipinski definition) is 1. The molecule has 1 aromatic heterocycles. The zero-order valence-electron chi connectivity index (χ0n) is 16.9. The van der Waals surface area contributed by atoms with E-state index in [4.69, 9.17) is 4.52 Å². The van der Waals surface area contributed by atoms with Gasteiger partial charge in [-0.05, 0) is 51.0 Å². The lowest BCUT2D eigenvalue weighted by atomic mass is 10.1. The Labute approximate surface area is 170 Å². The Bertz CT molecular complexity index is 1160. The molecule has 0 atom stereocenters. The first kappa shape index (κ1) is 20.8. The van der Waals surface area contributed by atoms with Gasteiger partial charge in [0.2, 0.25) is 5.91 Å². The van der Waals surface area contributed by atoms with Crippen LogP contribution in [0.1, 0.15) is 28.8 Å². The molecule has 1 amide bonds. The predicted molar refractivity (Wildman–Crippen MR) is 113 cm³/mol. The number of carbonyl (C=O) groups excluding carboxylic acids is 1. The minimum Gasteiger partial charge on any atom is -0.356 e. The smallest absolute Gasteiger partial charge is 0.225 e. The highest BCUT2D eigenvalue weighted by Gasteiger charge is 2.20. The van der Waals surface area contributed by atoms with E-state index in [0.717, 1.165) is 11.1 Å². The fourth-order valence-electron chi connectivity index (χ4n) is 3.09. The average Bonchev–Trinajstić information content (AvgIpc) is 3.09. The molecular formula is C22H24N2O4S. The van der Waals surface area contributed by atoms with Gasteiger partial charge in [-0.2, -0.15) is 0 Å². The molecule has 0 aliphatic carbocycles. The van der Waals surface area contributed by atoms with Crippen molar-refractivity contribution in [1.82, 2.24) is 5.16 Å². The summed E-state index contributed by atoms with van der Waals surface area (Å²) in [4.78, 5) is 12.5. The molecule has 29 heavy (non-hydrogen) atoms. The standard InChI is InChI=1S/C22H24N2O4S/c1-14-5-8-19(16(3)11-14)23-22(25)9-10-29(26,27)21-13-18(7-6-15(21)2)20-12-17(4)24-28-20/h5-8,11-13H,9-10H2,1-4H3,(H,23,25). The number of amides is 1. The Morgan fingerprint density at radius 3 is 2.41 bits per heavy atom. The monoisotopic (exact) mass is 412 g/mol. The van der Waals surface area contributed by atoms with Crippen LogP contribution in [0.4, 0.5) is 5.69 Å². The van der Waals surface area contributed by atoms with Crippen LogP contribution < -0.4 is 5.32 Å². The molecule has 3 aromatic rings. The van der Waals surface area contributed by atoms with Crippen molar-refractivity contribution in [2.45, 2.75) is 39.0 Å². The number of aromatic nitrogens is 1. The van der Waals surface area contributed by atoms with E-state index in [1.165, 1.54) is 0 Å². The first-order chi connectivity index (χ1) is 13.7. The molecule has 3 rings (SSSR count). The topological polar surface area (TPSA) is 89.3 Å². The van der Waals surface area contributed by atoms with E-state index in [9.17, 15) is 13.2 Å². The van der Waals surface area contributed by atoms with E-state index in [1.807, 2.05) is 32.0 Å². The molecule has 152 valence electrons. The Morgan fingerprint density at radius 2 is 1.76 bits per heavy atom. The third-order valence-electron chi connectivity index (χ3n) is 4.69. The lowest BCUT2D eigenvalue weighted by Crippen LogP contribution is -2.18. The Morgan fingerprint density at radius 1 is 1.00 bits per heavy atom. The molecule has 0 saturated carbocycles. The summed E-state index contributed by atoms with van der Waals surface area (Å²) in [6.45, 7) is 7.41. The molecule has 0 radical (unpaired) electrons. The average molecular weight is 413 g/mol. The molecule has 0 bridgehead atoms. The van der Waals surface area contributed by atoms with E-state index in [0.29, 0.717) is 28.3 Å². The van der Waals surface area contributed by atoms with E-state index in [2.05, 4.69) is 10.5 Å². The van der Waals surface area contributed by atoms with Crippen molar-refractivity contribution in [3.05, 3.63) is 64.8 Å². The number of hydrogen-bond acceptors (Lipinski definition) is 5. The SMILES string of the molecule is Cc1ccc(NC(=O)CCS(=O)(=O)c2cc(-c3cc(C)no3)ccc2C)c(C)c1. The van der Waals surface area contributed by atoms with Crippen LogP contribution in [0, 0.1) is 27.7 Å². The van der Waals surface area contributed by atoms with Crippen molar-refractivity contribution < 1.29 is 17.7 Å². The van der Waals surface area contributed by atoms with Gasteiger partial charge in [-0.15, -0.1) is 0 Å². The summed E-state index contributed by atoms with van der Waals surface area (Å²) in [5, 5.41) is 6.63. The molecule has 0 aliphatic heterocycles. The van der Waals surface area contributed by atoms with Crippen LogP contribution in [0.15, 0.2) is 51.9 Å². The molecule has 0 fully saturated rings. The quantitative estimate of drug-likeness (QED) is 0.649. The summed E-state index contributed by atoms with van der Waals surface area (Å²) in [6.07, 6.45) is -0.124. The van der Waals surface area contributed by atoms with Gasteiger partial charge in [-0.25, -0.2) is 8.42 Å². The summed E-state index contributed by atoms with van der Waals surface area (Å²) in [5.41, 5.74) is 4.70. The minimum absolute atomic E-state index is 0.124. The summed E-state index contributed by atoms with van der Waals surface area (Å²) >= 11 is 0. The maximum atomic E-state index is 12.9. The van der Waals surface area contributed by atoms with Crippen LogP contribution in [0.2, 0.25) is 0 Å². The molecule has 6 nitrogen and oxygen atoms in total. The van der Waals surface area contributed by atoms with E-state index >= 15 is 0 Å². The predicted octanol–water partition coefficient (Wildman–Crippen LogP) is 4.38. The van der Waals surface area contributed by atoms with Crippen LogP contribution in [-0.2, 0) is 14.6 Å². The van der Waals surface area contributed by atoms with Crippen molar-refractivity contribution in [2.24, 2.45) is 0 Å². The van der Waals surface area contributed by atoms with E-state index in [-0.39, 0.29) is 23.0 Å². The van der Waals surface area contributed by atoms with Gasteiger partial charge in [0.25, 0.3) is 0 Å². The second-order valence-electron chi connectivity index (χ2n) is 7.25. The van der Waals surface area contributed by atoms with Gasteiger partial charge in [-0.1, -0.05) is 35.0 Å². The van der Waals surface area contributed by atoms with Crippen LogP contribution in [0.25, 0.3) is 11.3 Å². The van der Waals surface area contributed by atoms with Gasteiger partial charge in [0.1, 0.15) is 0 Å². The number of sulfone groups is 1. The molecule has 1 heterocycles. The van der Waals surface area contributed by atoms with Crippen LogP contribution in [0.5, 0.6) is 0 Å². The first-order valence-electron chi connectivity index (χ1n) is 9.30. The van der Waals surface area contributed by atoms with Gasteiger partial charge < -0.3 is 9.84 Å². The highest BCUT2D eigenvalue weighted by Crippen LogP contribution is 2.27. The maximum absolute atomic E-state index is 12.9. The number of nitrogens with one attached hydrogen (secondary N) is 1. The normalized spacial score (nSPS) is 11.4. The highest BCUT2D eigenvalue weighted by atomic mass is 32.2. The molecule has 2 aromatic carbocycles. The Balaban J connectivity index is 1.74. The molecule has 0 spiro atoms. The number of carbonyl (C=O) groups is 1. The van der Waals surface area contributed by atoms with Gasteiger partial charge in [-0.3, -0.25) is 4.79 Å². The highest BCUT2D eigenvalue weighted by molar-refractivity contribution is 7.91. The lowest BCUT2D eigenvalue weighted by molar-refractivity contribution is -0.115. The lowest BCUT2D eigenvalue weighted by Gasteiger charge is -2.11. The van der Waals surface area contributed by atoms with Crippen molar-refractivity contribution in [3.8, 4) is 11.3 Å². The summed E-state index contributed by atoms with van der Waals surface area (Å²) in [6, 6.07) is 12.5. The largest absolute Gasteiger partial charge is 0.356 e. The van der Waals surface area contributed by atoms with Crippen LogP contribution in [-0.4, -0.2) is 25.2 Å². The molecule has 0 unspecified atom stereocenters. The number of rotatable bonds is 6. The van der Waals surface area contributed by atoms with Crippen molar-refractivity contribution in [3.63, 3.8) is 0 Å². The molecular weight excluding hydrogens is 388 g/mol. The second kappa shape index (κ2) is 8.21. The number of benzene rings is 2. The van der Waals surface area contributed by atoms with Crippen molar-refractivity contribution >= 4 is 21.4 Å². The maximum Gasteiger partial charge on any atom is 0.225 e. The van der Waals surface area contributed by atoms with Crippen molar-refractivity contribution in [1.29, 1.82) is 0 Å². The third kappa shape index (κ3) is 4.92. The fraction of sp³-hybridized carbons (Fsp3) is 0.273. The van der Waals surface area contributed by atoms with Crippen LogP contribution in [0.3, 0.4) is 0 Å². The Kier molecular flexibility index (Phi) is 5.88. The number of anilines is 1. The van der Waals surface area contributed by atoms with E-state index < -0.39 is 9.84 Å².